The number of fused-ring (bicyclic) bond motifs is 1. The molecule has 3 heterocycles. The summed E-state index contributed by atoms with van der Waals surface area (Å²) in [5.41, 5.74) is 0.673. The maximum Gasteiger partial charge on any atom is 0.417 e. The second-order valence-corrected chi connectivity index (χ2v) is 11.5. The van der Waals surface area contributed by atoms with E-state index in [9.17, 15) is 24.9 Å². The number of benzene rings is 2. The zero-order valence-electron chi connectivity index (χ0n) is 20.5. The molecule has 3 aromatic rings. The molecule has 10 nitrogen and oxygen atoms in total. The minimum absolute atomic E-state index is 0.0335. The largest absolute Gasteiger partial charge is 0.508 e. The van der Waals surface area contributed by atoms with E-state index in [1.54, 1.807) is 18.2 Å². The number of aromatic amines is 1. The van der Waals surface area contributed by atoms with Gasteiger partial charge in [0.15, 0.2) is 23.2 Å². The number of aliphatic hydroxyl groups is 2. The smallest absolute Gasteiger partial charge is 0.417 e. The zero-order valence-corrected chi connectivity index (χ0v) is 20.5. The molecule has 5 N–H and O–H groups in total. The molecule has 2 aromatic carbocycles. The first-order chi connectivity index (χ1) is 18.3. The number of phenols is 1. The van der Waals surface area contributed by atoms with E-state index in [0.29, 0.717) is 41.3 Å². The molecule has 1 saturated carbocycles. The number of oxazole rings is 1. The number of rotatable bonds is 4. The lowest BCUT2D eigenvalue weighted by molar-refractivity contribution is -0.172. The normalized spacial score (nSPS) is 31.3. The number of carbonyl (C=O) groups is 1. The van der Waals surface area contributed by atoms with Gasteiger partial charge in [-0.25, -0.2) is 4.79 Å². The minimum atomic E-state index is -1.38. The van der Waals surface area contributed by atoms with Crippen molar-refractivity contribution in [3.8, 4) is 11.5 Å². The van der Waals surface area contributed by atoms with Crippen molar-refractivity contribution < 1.29 is 29.3 Å². The first-order valence-electron chi connectivity index (χ1n) is 13.1. The molecule has 1 saturated heterocycles. The third-order valence-electron chi connectivity index (χ3n) is 9.47. The van der Waals surface area contributed by atoms with Gasteiger partial charge in [0, 0.05) is 36.3 Å². The van der Waals surface area contributed by atoms with E-state index in [4.69, 9.17) is 9.15 Å². The van der Waals surface area contributed by atoms with E-state index in [0.717, 1.165) is 24.2 Å². The predicted octanol–water partition coefficient (Wildman–Crippen LogP) is 2.45. The number of nitrogens with zero attached hydrogens (tertiary/aromatic N) is 1. The molecule has 4 atom stereocenters. The van der Waals surface area contributed by atoms with Crippen LogP contribution in [0.25, 0.3) is 11.1 Å². The maximum atomic E-state index is 13.6. The topological polar surface area (TPSA) is 148 Å². The summed E-state index contributed by atoms with van der Waals surface area (Å²) in [6.45, 7) is 1.64. The van der Waals surface area contributed by atoms with Crippen LogP contribution in [0.1, 0.15) is 36.8 Å². The highest BCUT2D eigenvalue weighted by Crippen LogP contribution is 2.66. The van der Waals surface area contributed by atoms with Crippen molar-refractivity contribution in [2.75, 3.05) is 18.4 Å². The van der Waals surface area contributed by atoms with Gasteiger partial charge in [0.1, 0.15) is 5.76 Å². The third kappa shape index (κ3) is 2.74. The van der Waals surface area contributed by atoms with Gasteiger partial charge < -0.3 is 29.8 Å². The number of anilines is 1. The van der Waals surface area contributed by atoms with Gasteiger partial charge in [0.25, 0.3) is 5.91 Å². The number of H-pyrrole nitrogens is 1. The number of phenolic OH excluding ortho intramolecular Hbond substituents is 1. The summed E-state index contributed by atoms with van der Waals surface area (Å²) in [5, 5.41) is 37.7. The van der Waals surface area contributed by atoms with Crippen LogP contribution in [0.3, 0.4) is 0 Å². The van der Waals surface area contributed by atoms with E-state index in [1.165, 1.54) is 18.9 Å². The lowest BCUT2D eigenvalue weighted by atomic mass is 9.49. The highest BCUT2D eigenvalue weighted by atomic mass is 16.5. The van der Waals surface area contributed by atoms with Crippen LogP contribution in [0.5, 0.6) is 11.5 Å². The fourth-order valence-electron chi connectivity index (χ4n) is 7.60. The number of piperidine rings is 1. The zero-order chi connectivity index (χ0) is 26.0. The molecule has 3 aliphatic carbocycles. The predicted molar refractivity (Wildman–Crippen MR) is 135 cm³/mol. The number of hydrogen-bond acceptors (Lipinski definition) is 8. The van der Waals surface area contributed by atoms with E-state index in [-0.39, 0.29) is 29.5 Å². The van der Waals surface area contributed by atoms with Crippen LogP contribution < -0.4 is 15.8 Å². The fraction of sp³-hybridized carbons (Fsp3) is 0.429. The molecule has 1 amide bonds. The van der Waals surface area contributed by atoms with Crippen molar-refractivity contribution in [3.63, 3.8) is 0 Å². The van der Waals surface area contributed by atoms with Gasteiger partial charge in [-0.15, -0.1) is 0 Å². The molecule has 0 radical (unpaired) electrons. The minimum Gasteiger partial charge on any atom is -0.508 e. The highest BCUT2D eigenvalue weighted by molar-refractivity contribution is 6.05. The number of carbonyl (C=O) groups excluding carboxylic acids is 1. The maximum absolute atomic E-state index is 13.6. The number of aliphatic hydroxyl groups excluding tert-OH is 1. The number of aromatic nitrogens is 1. The molecule has 2 fully saturated rings. The molecular formula is C28H27N3O7. The molecular weight excluding hydrogens is 490 g/mol. The van der Waals surface area contributed by atoms with Gasteiger partial charge in [-0.1, -0.05) is 6.07 Å². The first-order valence-corrected chi connectivity index (χ1v) is 13.1. The van der Waals surface area contributed by atoms with Crippen LogP contribution >= 0.6 is 0 Å². The van der Waals surface area contributed by atoms with Gasteiger partial charge in [-0.05, 0) is 61.9 Å². The summed E-state index contributed by atoms with van der Waals surface area (Å²) in [7, 11) is 0. The van der Waals surface area contributed by atoms with Crippen LogP contribution in [0.2, 0.25) is 0 Å². The highest BCUT2D eigenvalue weighted by Gasteiger charge is 2.73. The Kier molecular flexibility index (Phi) is 4.22. The van der Waals surface area contributed by atoms with E-state index in [1.807, 2.05) is 6.07 Å². The van der Waals surface area contributed by atoms with Crippen LogP contribution in [0, 0.1) is 5.92 Å². The van der Waals surface area contributed by atoms with Crippen molar-refractivity contribution in [3.05, 3.63) is 63.3 Å². The molecule has 38 heavy (non-hydrogen) atoms. The Morgan fingerprint density at radius 2 is 2.05 bits per heavy atom. The van der Waals surface area contributed by atoms with Crippen molar-refractivity contribution in [2.24, 2.45) is 5.92 Å². The second kappa shape index (κ2) is 7.21. The van der Waals surface area contributed by atoms with E-state index in [2.05, 4.69) is 15.2 Å². The number of ether oxygens (including phenoxy) is 1. The first kappa shape index (κ1) is 22.2. The summed E-state index contributed by atoms with van der Waals surface area (Å²) in [6, 6.07) is 8.02. The Bertz CT molecular complexity index is 1630. The summed E-state index contributed by atoms with van der Waals surface area (Å²) < 4.78 is 11.3. The standard InChI is InChI=1S/C28H27N3O7/c32-18-6-3-14-9-20-28(36)11-16(25(34)29-15-4-5-17-19(10-15)37-26(35)30-17)22(33)24-27(28,21(14)23(18)38-24)7-8-31(20)12-13-1-2-13/h3-6,10,13,20,24,32-33,36H,1-2,7-9,11-12H2,(H,29,34)(H,30,35)/t20-,24+,27+,28-/m1/s1. The van der Waals surface area contributed by atoms with Crippen LogP contribution in [0.4, 0.5) is 5.69 Å². The van der Waals surface area contributed by atoms with Gasteiger partial charge in [0.05, 0.1) is 22.1 Å². The number of likely N-dealkylation sites (tertiary alicyclic amines) is 1. The average molecular weight is 518 g/mol. The Hall–Kier alpha value is -3.76. The monoisotopic (exact) mass is 517 g/mol. The molecule has 196 valence electrons. The summed E-state index contributed by atoms with van der Waals surface area (Å²) >= 11 is 0. The van der Waals surface area contributed by atoms with Gasteiger partial charge >= 0.3 is 5.76 Å². The second-order valence-electron chi connectivity index (χ2n) is 11.5. The molecule has 0 unspecified atom stereocenters. The van der Waals surface area contributed by atoms with Crippen LogP contribution in [-0.2, 0) is 16.6 Å². The van der Waals surface area contributed by atoms with Gasteiger partial charge in [0.2, 0.25) is 0 Å². The Morgan fingerprint density at radius 3 is 2.87 bits per heavy atom. The molecule has 5 aliphatic rings. The average Bonchev–Trinajstić information content (AvgIpc) is 3.51. The number of hydrogen-bond donors (Lipinski definition) is 5. The van der Waals surface area contributed by atoms with Crippen molar-refractivity contribution >= 4 is 22.7 Å². The SMILES string of the molecule is O=C(Nc1ccc2[nH]c(=O)oc2c1)C1=C(O)[C@@H]2Oc3c(O)ccc4c3[C@@]23CCN(CC2CC2)[C@H](C4)[C@]3(O)C1. The van der Waals surface area contributed by atoms with Crippen molar-refractivity contribution in [1.29, 1.82) is 0 Å². The molecule has 2 bridgehead atoms. The summed E-state index contributed by atoms with van der Waals surface area (Å²) in [6.07, 6.45) is 2.46. The molecule has 1 aromatic heterocycles. The number of amides is 1. The molecule has 10 heteroatoms. The molecule has 1 spiro atoms. The third-order valence-corrected chi connectivity index (χ3v) is 9.47. The molecule has 8 rings (SSSR count). The number of aromatic hydroxyl groups is 1. The van der Waals surface area contributed by atoms with Gasteiger partial charge in [-0.2, -0.15) is 0 Å². The molecule has 2 aliphatic heterocycles. The van der Waals surface area contributed by atoms with Crippen LogP contribution in [-0.4, -0.2) is 61.9 Å². The number of nitrogens with one attached hydrogen (secondary N) is 2. The van der Waals surface area contributed by atoms with E-state index >= 15 is 0 Å². The summed E-state index contributed by atoms with van der Waals surface area (Å²) in [5.74, 6) is -0.499. The Morgan fingerprint density at radius 1 is 1.21 bits per heavy atom. The van der Waals surface area contributed by atoms with Crippen LogP contribution in [0.15, 0.2) is 50.9 Å². The summed E-state index contributed by atoms with van der Waals surface area (Å²) in [4.78, 5) is 30.0. The van der Waals surface area contributed by atoms with Crippen molar-refractivity contribution in [2.45, 2.75) is 55.3 Å². The lowest BCUT2D eigenvalue weighted by Gasteiger charge is -2.62. The van der Waals surface area contributed by atoms with Crippen molar-refractivity contribution in [1.82, 2.24) is 9.88 Å². The lowest BCUT2D eigenvalue weighted by Crippen LogP contribution is -2.75. The quantitative estimate of drug-likeness (QED) is 0.355. The fourth-order valence-corrected chi connectivity index (χ4v) is 7.60. The van der Waals surface area contributed by atoms with E-state index < -0.39 is 28.8 Å². The Labute approximate surface area is 216 Å². The Balaban J connectivity index is 1.23. The van der Waals surface area contributed by atoms with Gasteiger partial charge in [-0.3, -0.25) is 14.7 Å².